The molecule has 0 unspecified atom stereocenters. The minimum absolute atomic E-state index is 0.0203. The van der Waals surface area contributed by atoms with Gasteiger partial charge in [0.25, 0.3) is 0 Å². The van der Waals surface area contributed by atoms with Crippen molar-refractivity contribution in [3.63, 3.8) is 0 Å². The highest BCUT2D eigenvalue weighted by atomic mass is 16.4. The van der Waals surface area contributed by atoms with E-state index in [9.17, 15) is 14.7 Å². The molecule has 0 bridgehead atoms. The van der Waals surface area contributed by atoms with Gasteiger partial charge in [-0.2, -0.15) is 0 Å². The molecule has 0 saturated heterocycles. The molecule has 0 spiro atoms. The fourth-order valence-electron chi connectivity index (χ4n) is 4.46. The first-order valence-corrected chi connectivity index (χ1v) is 13.9. The van der Waals surface area contributed by atoms with E-state index in [2.05, 4.69) is 48.9 Å². The molecule has 7 nitrogen and oxygen atoms in total. The van der Waals surface area contributed by atoms with Crippen molar-refractivity contribution in [2.24, 2.45) is 0 Å². The van der Waals surface area contributed by atoms with Gasteiger partial charge in [-0.25, -0.2) is 4.79 Å². The predicted molar refractivity (Wildman–Crippen MR) is 149 cm³/mol. The molecule has 0 atom stereocenters. The molecule has 0 aliphatic rings. The predicted octanol–water partition coefficient (Wildman–Crippen LogP) is 6.26. The Bertz CT molecular complexity index is 1000. The van der Waals surface area contributed by atoms with Crippen LogP contribution in [0.3, 0.4) is 0 Å². The van der Waals surface area contributed by atoms with E-state index in [1.165, 1.54) is 6.92 Å². The molecule has 1 aromatic carbocycles. The summed E-state index contributed by atoms with van der Waals surface area (Å²) in [7, 11) is 0. The molecule has 0 aliphatic carbocycles. The van der Waals surface area contributed by atoms with E-state index in [-0.39, 0.29) is 22.9 Å². The van der Waals surface area contributed by atoms with Crippen molar-refractivity contribution in [2.75, 3.05) is 31.5 Å². The second kappa shape index (κ2) is 15.7. The molecule has 0 radical (unpaired) electrons. The Morgan fingerprint density at radius 3 is 1.75 bits per heavy atom. The van der Waals surface area contributed by atoms with Crippen LogP contribution in [0.4, 0.5) is 5.69 Å². The van der Waals surface area contributed by atoms with Crippen LogP contribution < -0.4 is 10.9 Å². The first-order chi connectivity index (χ1) is 17.3. The number of phenolic OH excluding ortho intramolecular Hbond substituents is 1. The number of nitrogens with one attached hydrogen (secondary N) is 1. The minimum Gasteiger partial charge on any atom is -0.504 e. The van der Waals surface area contributed by atoms with Crippen LogP contribution in [0.15, 0.2) is 21.3 Å². The Morgan fingerprint density at radius 2 is 1.31 bits per heavy atom. The van der Waals surface area contributed by atoms with Crippen molar-refractivity contribution in [1.82, 2.24) is 9.80 Å². The number of hydrogen-bond acceptors (Lipinski definition) is 6. The van der Waals surface area contributed by atoms with Crippen LogP contribution in [0.5, 0.6) is 5.75 Å². The maximum absolute atomic E-state index is 12.6. The van der Waals surface area contributed by atoms with Gasteiger partial charge in [0.15, 0.2) is 11.3 Å². The number of rotatable bonds is 17. The van der Waals surface area contributed by atoms with Crippen molar-refractivity contribution >= 4 is 22.6 Å². The normalized spacial score (nSPS) is 11.6. The molecular formula is C29H47N3O4. The van der Waals surface area contributed by atoms with E-state index in [1.54, 1.807) is 6.07 Å². The number of amides is 1. The number of carbonyl (C=O) groups is 1. The van der Waals surface area contributed by atoms with Crippen LogP contribution in [-0.4, -0.2) is 47.0 Å². The van der Waals surface area contributed by atoms with Crippen molar-refractivity contribution in [2.45, 2.75) is 99.1 Å². The zero-order valence-corrected chi connectivity index (χ0v) is 23.1. The van der Waals surface area contributed by atoms with Crippen LogP contribution in [0.25, 0.3) is 11.0 Å². The Hall–Kier alpha value is -2.38. The Kier molecular flexibility index (Phi) is 13.0. The number of unbranched alkanes of at least 4 members (excludes halogenated alkanes) is 4. The lowest BCUT2D eigenvalue weighted by molar-refractivity contribution is -0.114. The van der Waals surface area contributed by atoms with Crippen molar-refractivity contribution in [1.29, 1.82) is 0 Å². The summed E-state index contributed by atoms with van der Waals surface area (Å²) in [5.74, 6) is -0.314. The summed E-state index contributed by atoms with van der Waals surface area (Å²) in [5.41, 5.74) is 1.44. The third kappa shape index (κ3) is 8.93. The molecule has 2 rings (SSSR count). The molecule has 1 aromatic heterocycles. The summed E-state index contributed by atoms with van der Waals surface area (Å²) in [6, 6.07) is 3.73. The quantitative estimate of drug-likeness (QED) is 0.249. The summed E-state index contributed by atoms with van der Waals surface area (Å²) >= 11 is 0. The molecule has 1 amide bonds. The minimum atomic E-state index is -0.654. The number of carbonyl (C=O) groups excluding carboxylic acids is 1. The average Bonchev–Trinajstić information content (AvgIpc) is 2.85. The van der Waals surface area contributed by atoms with Gasteiger partial charge in [0.1, 0.15) is 5.69 Å². The maximum Gasteiger partial charge on any atom is 0.360 e. The third-order valence-electron chi connectivity index (χ3n) is 6.57. The van der Waals surface area contributed by atoms with Crippen LogP contribution >= 0.6 is 0 Å². The highest BCUT2D eigenvalue weighted by Crippen LogP contribution is 2.34. The van der Waals surface area contributed by atoms with E-state index in [0.717, 1.165) is 88.7 Å². The highest BCUT2D eigenvalue weighted by molar-refractivity contribution is 5.93. The van der Waals surface area contributed by atoms with Gasteiger partial charge in [0, 0.05) is 31.0 Å². The summed E-state index contributed by atoms with van der Waals surface area (Å²) in [5, 5.41) is 14.5. The number of aromatic hydroxyl groups is 1. The highest BCUT2D eigenvalue weighted by Gasteiger charge is 2.20. The fourth-order valence-corrected chi connectivity index (χ4v) is 4.46. The van der Waals surface area contributed by atoms with Crippen LogP contribution in [0.2, 0.25) is 0 Å². The van der Waals surface area contributed by atoms with Gasteiger partial charge in [-0.1, -0.05) is 53.4 Å². The molecule has 1 heterocycles. The van der Waals surface area contributed by atoms with E-state index < -0.39 is 5.63 Å². The van der Waals surface area contributed by atoms with Crippen molar-refractivity contribution < 1.29 is 14.3 Å². The fraction of sp³-hybridized carbons (Fsp3) is 0.655. The lowest BCUT2D eigenvalue weighted by Gasteiger charge is -2.25. The zero-order chi connectivity index (χ0) is 26.5. The van der Waals surface area contributed by atoms with Gasteiger partial charge in [-0.15, -0.1) is 0 Å². The number of fused-ring (bicyclic) bond motifs is 1. The summed E-state index contributed by atoms with van der Waals surface area (Å²) < 4.78 is 5.64. The molecule has 202 valence electrons. The molecule has 36 heavy (non-hydrogen) atoms. The molecule has 0 aliphatic heterocycles. The average molecular weight is 502 g/mol. The number of nitrogens with zero attached hydrogens (tertiary/aromatic N) is 2. The third-order valence-corrected chi connectivity index (χ3v) is 6.57. The van der Waals surface area contributed by atoms with Crippen molar-refractivity contribution in [3.05, 3.63) is 33.7 Å². The summed E-state index contributed by atoms with van der Waals surface area (Å²) in [6.07, 6.45) is 8.89. The second-order valence-electron chi connectivity index (χ2n) is 9.88. The molecule has 7 heteroatoms. The number of anilines is 1. The molecule has 0 saturated carbocycles. The van der Waals surface area contributed by atoms with Crippen LogP contribution in [0, 0.1) is 0 Å². The number of hydrogen-bond donors (Lipinski definition) is 2. The van der Waals surface area contributed by atoms with Crippen molar-refractivity contribution in [3.8, 4) is 5.75 Å². The Labute approximate surface area is 216 Å². The van der Waals surface area contributed by atoms with E-state index in [1.807, 2.05) is 0 Å². The summed E-state index contributed by atoms with van der Waals surface area (Å²) in [6.45, 7) is 15.3. The van der Waals surface area contributed by atoms with E-state index in [0.29, 0.717) is 18.5 Å². The first kappa shape index (κ1) is 29.8. The monoisotopic (exact) mass is 501 g/mol. The summed E-state index contributed by atoms with van der Waals surface area (Å²) in [4.78, 5) is 29.1. The Morgan fingerprint density at radius 1 is 0.833 bits per heavy atom. The van der Waals surface area contributed by atoms with Gasteiger partial charge in [0.2, 0.25) is 5.91 Å². The number of benzene rings is 1. The number of phenols is 1. The smallest absolute Gasteiger partial charge is 0.360 e. The molecular weight excluding hydrogens is 454 g/mol. The standard InChI is InChI=1S/C29H47N3O4/c1-6-10-14-31(15-11-7-2)20-23-18-24(21-32(16-12-8-3)17-13-9-4)27(34)28-25(23)19-26(29(35)36-28)30-22(5)33/h18-19,34H,6-17,20-21H2,1-5H3,(H,30,33). The second-order valence-corrected chi connectivity index (χ2v) is 9.88. The van der Waals surface area contributed by atoms with Gasteiger partial charge >= 0.3 is 5.63 Å². The first-order valence-electron chi connectivity index (χ1n) is 13.9. The van der Waals surface area contributed by atoms with Gasteiger partial charge in [-0.05, 0) is 69.6 Å². The molecule has 2 N–H and O–H groups in total. The maximum atomic E-state index is 12.6. The van der Waals surface area contributed by atoms with Crippen LogP contribution in [0.1, 0.15) is 97.1 Å². The van der Waals surface area contributed by atoms with Gasteiger partial charge < -0.3 is 14.8 Å². The molecule has 2 aromatic rings. The zero-order valence-electron chi connectivity index (χ0n) is 23.1. The van der Waals surface area contributed by atoms with E-state index in [4.69, 9.17) is 4.42 Å². The van der Waals surface area contributed by atoms with E-state index >= 15 is 0 Å². The lowest BCUT2D eigenvalue weighted by atomic mass is 10.0. The van der Waals surface area contributed by atoms with Crippen LogP contribution in [-0.2, 0) is 17.9 Å². The largest absolute Gasteiger partial charge is 0.504 e. The Balaban J connectivity index is 2.58. The van der Waals surface area contributed by atoms with Gasteiger partial charge in [0.05, 0.1) is 0 Å². The SMILES string of the molecule is CCCCN(CCCC)Cc1cc(CN(CCCC)CCCC)c2cc(NC(C)=O)c(=O)oc2c1O. The topological polar surface area (TPSA) is 86.0 Å². The molecule has 0 fully saturated rings. The van der Waals surface area contributed by atoms with Gasteiger partial charge in [-0.3, -0.25) is 14.6 Å². The lowest BCUT2D eigenvalue weighted by Crippen LogP contribution is -2.27.